The first-order valence-electron chi connectivity index (χ1n) is 24.1. The molecular weight excluding hydrogens is 845 g/mol. The highest BCUT2D eigenvalue weighted by Crippen LogP contribution is 2.46. The minimum absolute atomic E-state index is 1.07. The molecule has 328 valence electrons. The molecule has 0 atom stereocenters. The summed E-state index contributed by atoms with van der Waals surface area (Å²) in [6, 6.07) is 102. The van der Waals surface area contributed by atoms with Gasteiger partial charge in [-0.05, 0) is 138 Å². The first-order valence-corrected chi connectivity index (χ1v) is 24.1. The van der Waals surface area contributed by atoms with Gasteiger partial charge in [0.25, 0.3) is 0 Å². The Morgan fingerprint density at radius 1 is 0.243 bits per heavy atom. The van der Waals surface area contributed by atoms with Crippen molar-refractivity contribution in [3.8, 4) is 61.3 Å². The predicted octanol–water partition coefficient (Wildman–Crippen LogP) is 18.9. The number of fused-ring (bicyclic) bond motifs is 6. The monoisotopic (exact) mass is 890 g/mol. The fourth-order valence-electron chi connectivity index (χ4n) is 10.7. The number of hydrogen-bond acceptors (Lipinski definition) is 1. The van der Waals surface area contributed by atoms with Gasteiger partial charge < -0.3 is 9.47 Å². The Hall–Kier alpha value is -9.24. The molecule has 0 spiro atoms. The molecule has 0 aliphatic carbocycles. The first-order chi connectivity index (χ1) is 34.7. The molecule has 1 aromatic heterocycles. The molecule has 0 radical (unpaired) electrons. The first kappa shape index (κ1) is 41.0. The van der Waals surface area contributed by atoms with Gasteiger partial charge in [0.15, 0.2) is 0 Å². The van der Waals surface area contributed by atoms with Gasteiger partial charge in [-0.25, -0.2) is 0 Å². The fraction of sp³-hybridized carbons (Fsp3) is 0. The van der Waals surface area contributed by atoms with E-state index in [1.165, 1.54) is 76.7 Å². The van der Waals surface area contributed by atoms with Crippen molar-refractivity contribution in [3.63, 3.8) is 0 Å². The number of hydrogen-bond donors (Lipinski definition) is 0. The zero-order chi connectivity index (χ0) is 46.4. The molecule has 1 heterocycles. The van der Waals surface area contributed by atoms with Crippen LogP contribution in [0.4, 0.5) is 17.1 Å². The average Bonchev–Trinajstić information content (AvgIpc) is 3.78. The lowest BCUT2D eigenvalue weighted by Gasteiger charge is -2.29. The van der Waals surface area contributed by atoms with Gasteiger partial charge in [0.1, 0.15) is 0 Å². The molecule has 0 bridgehead atoms. The summed E-state index contributed by atoms with van der Waals surface area (Å²) in [6.45, 7) is 0. The molecule has 0 aliphatic rings. The predicted molar refractivity (Wildman–Crippen MR) is 298 cm³/mol. The fourth-order valence-corrected chi connectivity index (χ4v) is 10.7. The van der Waals surface area contributed by atoms with Crippen LogP contribution in [-0.4, -0.2) is 4.57 Å². The Morgan fingerprint density at radius 2 is 0.771 bits per heavy atom. The summed E-state index contributed by atoms with van der Waals surface area (Å²) < 4.78 is 2.45. The highest BCUT2D eigenvalue weighted by molar-refractivity contribution is 6.14. The van der Waals surface area contributed by atoms with Crippen molar-refractivity contribution in [3.05, 3.63) is 279 Å². The number of benzene rings is 12. The van der Waals surface area contributed by atoms with Crippen LogP contribution in [0.25, 0.3) is 105 Å². The second-order valence-electron chi connectivity index (χ2n) is 18.1. The maximum absolute atomic E-state index is 2.45. The van der Waals surface area contributed by atoms with Crippen molar-refractivity contribution in [2.24, 2.45) is 0 Å². The second kappa shape index (κ2) is 17.4. The molecule has 13 aromatic rings. The molecule has 12 aromatic carbocycles. The third-order valence-corrected chi connectivity index (χ3v) is 14.0. The standard InChI is InChI=1S/C68H46N2/c1-3-20-47(21-4-1)50-25-19-26-55(43-50)69(66-35-16-13-32-62(66)60-30-10-9-27-57(60)49-22-5-2-6-23-49)54-40-38-48(39-41-54)52-42-53(65-46-51-24-7-8-28-58(51)59-29-11-12-31-61(59)65)45-56(44-52)70-67-36-17-14-33-63(67)64-34-15-18-37-68(64)70/h1-46H. The molecule has 0 N–H and O–H groups in total. The lowest BCUT2D eigenvalue weighted by atomic mass is 9.91. The molecule has 0 saturated carbocycles. The van der Waals surface area contributed by atoms with E-state index in [-0.39, 0.29) is 0 Å². The van der Waals surface area contributed by atoms with Crippen LogP contribution >= 0.6 is 0 Å². The molecule has 0 fully saturated rings. The lowest BCUT2D eigenvalue weighted by molar-refractivity contribution is 1.18. The van der Waals surface area contributed by atoms with Crippen molar-refractivity contribution in [2.75, 3.05) is 4.90 Å². The Bertz CT molecular complexity index is 4000. The Balaban J connectivity index is 1.01. The van der Waals surface area contributed by atoms with Gasteiger partial charge in [-0.1, -0.05) is 212 Å². The Kier molecular flexibility index (Phi) is 10.2. The molecule has 0 saturated heterocycles. The lowest BCUT2D eigenvalue weighted by Crippen LogP contribution is -2.11. The molecule has 13 rings (SSSR count). The number of aromatic nitrogens is 1. The zero-order valence-electron chi connectivity index (χ0n) is 38.5. The van der Waals surface area contributed by atoms with E-state index in [4.69, 9.17) is 0 Å². The van der Waals surface area contributed by atoms with E-state index in [9.17, 15) is 0 Å². The van der Waals surface area contributed by atoms with Crippen molar-refractivity contribution >= 4 is 60.4 Å². The van der Waals surface area contributed by atoms with Gasteiger partial charge in [-0.2, -0.15) is 0 Å². The molecule has 0 unspecified atom stereocenters. The summed E-state index contributed by atoms with van der Waals surface area (Å²) in [5.41, 5.74) is 18.5. The van der Waals surface area contributed by atoms with Crippen LogP contribution in [0.5, 0.6) is 0 Å². The molecule has 2 heteroatoms. The molecular formula is C68H46N2. The highest BCUT2D eigenvalue weighted by Gasteiger charge is 2.21. The Morgan fingerprint density at radius 3 is 1.50 bits per heavy atom. The van der Waals surface area contributed by atoms with E-state index >= 15 is 0 Å². The molecule has 2 nitrogen and oxygen atoms in total. The molecule has 0 amide bonds. The van der Waals surface area contributed by atoms with Crippen LogP contribution in [0.15, 0.2) is 279 Å². The minimum atomic E-state index is 1.07. The quantitative estimate of drug-likeness (QED) is 0.131. The normalized spacial score (nSPS) is 11.4. The summed E-state index contributed by atoms with van der Waals surface area (Å²) in [4.78, 5) is 2.43. The van der Waals surface area contributed by atoms with Crippen LogP contribution < -0.4 is 4.90 Å². The van der Waals surface area contributed by atoms with Crippen LogP contribution in [0.1, 0.15) is 0 Å². The zero-order valence-corrected chi connectivity index (χ0v) is 38.5. The third kappa shape index (κ3) is 7.22. The van der Waals surface area contributed by atoms with Gasteiger partial charge >= 0.3 is 0 Å². The van der Waals surface area contributed by atoms with Gasteiger partial charge in [-0.15, -0.1) is 0 Å². The SMILES string of the molecule is c1ccc(-c2cccc(N(c3ccc(-c4cc(-c5cc6ccccc6c6ccccc56)cc(-n5c6ccccc6c6ccccc65)c4)cc3)c3ccccc3-c3ccccc3-c3ccccc3)c2)cc1. The summed E-state index contributed by atoms with van der Waals surface area (Å²) in [5, 5.41) is 7.48. The maximum Gasteiger partial charge on any atom is 0.0541 e. The largest absolute Gasteiger partial charge is 0.310 e. The van der Waals surface area contributed by atoms with E-state index in [1.807, 2.05) is 0 Å². The molecule has 70 heavy (non-hydrogen) atoms. The van der Waals surface area contributed by atoms with Crippen molar-refractivity contribution in [1.29, 1.82) is 0 Å². The van der Waals surface area contributed by atoms with Gasteiger partial charge in [0, 0.05) is 33.4 Å². The summed E-state index contributed by atoms with van der Waals surface area (Å²) in [5.74, 6) is 0. The highest BCUT2D eigenvalue weighted by atomic mass is 15.1. The van der Waals surface area contributed by atoms with E-state index in [0.29, 0.717) is 0 Å². The number of anilines is 3. The van der Waals surface area contributed by atoms with Crippen molar-refractivity contribution < 1.29 is 0 Å². The van der Waals surface area contributed by atoms with Crippen LogP contribution in [0, 0.1) is 0 Å². The van der Waals surface area contributed by atoms with E-state index in [2.05, 4.69) is 289 Å². The topological polar surface area (TPSA) is 8.17 Å². The van der Waals surface area contributed by atoms with E-state index < -0.39 is 0 Å². The average molecular weight is 891 g/mol. The number of nitrogens with zero attached hydrogens (tertiary/aromatic N) is 2. The van der Waals surface area contributed by atoms with Crippen molar-refractivity contribution in [1.82, 2.24) is 4.57 Å². The van der Waals surface area contributed by atoms with Crippen molar-refractivity contribution in [2.45, 2.75) is 0 Å². The number of rotatable bonds is 9. The summed E-state index contributed by atoms with van der Waals surface area (Å²) >= 11 is 0. The van der Waals surface area contributed by atoms with E-state index in [1.54, 1.807) is 0 Å². The van der Waals surface area contributed by atoms with Gasteiger partial charge in [-0.3, -0.25) is 0 Å². The van der Waals surface area contributed by atoms with Crippen LogP contribution in [-0.2, 0) is 0 Å². The van der Waals surface area contributed by atoms with Gasteiger partial charge in [0.2, 0.25) is 0 Å². The molecule has 0 aliphatic heterocycles. The third-order valence-electron chi connectivity index (χ3n) is 14.0. The minimum Gasteiger partial charge on any atom is -0.310 e. The second-order valence-corrected chi connectivity index (χ2v) is 18.1. The van der Waals surface area contributed by atoms with Gasteiger partial charge in [0.05, 0.1) is 16.7 Å². The maximum atomic E-state index is 2.45. The number of para-hydroxylation sites is 3. The summed E-state index contributed by atoms with van der Waals surface area (Å²) in [6.07, 6.45) is 0. The van der Waals surface area contributed by atoms with E-state index in [0.717, 1.165) is 45.0 Å². The van der Waals surface area contributed by atoms with Crippen LogP contribution in [0.2, 0.25) is 0 Å². The smallest absolute Gasteiger partial charge is 0.0541 e. The Labute approximate surface area is 408 Å². The van der Waals surface area contributed by atoms with Crippen LogP contribution in [0.3, 0.4) is 0 Å². The summed E-state index contributed by atoms with van der Waals surface area (Å²) in [7, 11) is 0.